The van der Waals surface area contributed by atoms with E-state index in [9.17, 15) is 9.90 Å². The second kappa shape index (κ2) is 6.14. The number of phenols is 1. The van der Waals surface area contributed by atoms with Gasteiger partial charge < -0.3 is 10.8 Å². The highest BCUT2D eigenvalue weighted by atomic mass is 35.5. The molecule has 124 valence electrons. The maximum Gasteiger partial charge on any atom is 0.262 e. The molecule has 0 fully saturated rings. The van der Waals surface area contributed by atoms with Gasteiger partial charge in [0.2, 0.25) is 0 Å². The average molecular weight is 348 g/mol. The van der Waals surface area contributed by atoms with Crippen LogP contribution in [0.15, 0.2) is 42.6 Å². The van der Waals surface area contributed by atoms with Gasteiger partial charge in [-0.1, -0.05) is 11.6 Å². The van der Waals surface area contributed by atoms with Gasteiger partial charge in [-0.3, -0.25) is 19.8 Å². The SMILES string of the molecule is NCc1cn(C(=O)c2ccc(Cl)c(N(O)O)c2)c2ccc(O)cc12. The number of aromatic hydroxyl groups is 1. The van der Waals surface area contributed by atoms with E-state index in [1.165, 1.54) is 34.9 Å². The van der Waals surface area contributed by atoms with Gasteiger partial charge in [-0.25, -0.2) is 0 Å². The highest BCUT2D eigenvalue weighted by Gasteiger charge is 2.17. The predicted molar refractivity (Wildman–Crippen MR) is 88.7 cm³/mol. The van der Waals surface area contributed by atoms with Gasteiger partial charge in [0.1, 0.15) is 11.4 Å². The lowest BCUT2D eigenvalue weighted by Crippen LogP contribution is -2.15. The van der Waals surface area contributed by atoms with Crippen molar-refractivity contribution in [2.75, 3.05) is 5.23 Å². The Hall–Kier alpha value is -2.58. The minimum Gasteiger partial charge on any atom is -0.508 e. The maximum atomic E-state index is 12.8. The van der Waals surface area contributed by atoms with E-state index >= 15 is 0 Å². The summed E-state index contributed by atoms with van der Waals surface area (Å²) in [5, 5.41) is 28.6. The van der Waals surface area contributed by atoms with E-state index < -0.39 is 5.91 Å². The van der Waals surface area contributed by atoms with E-state index in [2.05, 4.69) is 0 Å². The molecule has 0 spiro atoms. The number of nitrogens with zero attached hydrogens (tertiary/aromatic N) is 2. The molecule has 0 radical (unpaired) electrons. The molecule has 8 heteroatoms. The molecule has 5 N–H and O–H groups in total. The van der Waals surface area contributed by atoms with Gasteiger partial charge in [0.15, 0.2) is 0 Å². The summed E-state index contributed by atoms with van der Waals surface area (Å²) in [4.78, 5) is 12.8. The lowest BCUT2D eigenvalue weighted by atomic mass is 10.1. The third kappa shape index (κ3) is 2.70. The minimum atomic E-state index is -0.398. The zero-order valence-electron chi connectivity index (χ0n) is 12.3. The third-order valence-electron chi connectivity index (χ3n) is 3.72. The molecule has 0 unspecified atom stereocenters. The van der Waals surface area contributed by atoms with Gasteiger partial charge in [0.25, 0.3) is 5.91 Å². The van der Waals surface area contributed by atoms with E-state index in [0.29, 0.717) is 16.5 Å². The van der Waals surface area contributed by atoms with Crippen molar-refractivity contribution in [1.82, 2.24) is 4.57 Å². The first-order valence-electron chi connectivity index (χ1n) is 6.97. The summed E-state index contributed by atoms with van der Waals surface area (Å²) in [6, 6.07) is 8.76. The molecule has 0 atom stereocenters. The van der Waals surface area contributed by atoms with Gasteiger partial charge in [-0.15, -0.1) is 5.23 Å². The molecule has 3 rings (SSSR count). The lowest BCUT2D eigenvalue weighted by molar-refractivity contribution is 0.0292. The molecule has 0 aliphatic heterocycles. The summed E-state index contributed by atoms with van der Waals surface area (Å²) in [6.45, 7) is 0.202. The molecule has 0 bridgehead atoms. The second-order valence-corrected chi connectivity index (χ2v) is 5.60. The van der Waals surface area contributed by atoms with E-state index in [0.717, 1.165) is 0 Å². The minimum absolute atomic E-state index is 0.0763. The van der Waals surface area contributed by atoms with E-state index in [4.69, 9.17) is 27.7 Å². The summed E-state index contributed by atoms with van der Waals surface area (Å²) in [5.74, 6) is -0.322. The normalized spacial score (nSPS) is 11.0. The lowest BCUT2D eigenvalue weighted by Gasteiger charge is -2.12. The van der Waals surface area contributed by atoms with Crippen molar-refractivity contribution in [3.05, 3.63) is 58.7 Å². The molecule has 3 aromatic rings. The third-order valence-corrected chi connectivity index (χ3v) is 4.04. The number of carbonyl (C=O) groups is 1. The van der Waals surface area contributed by atoms with Crippen LogP contribution in [0.3, 0.4) is 0 Å². The van der Waals surface area contributed by atoms with Crippen LogP contribution >= 0.6 is 11.6 Å². The largest absolute Gasteiger partial charge is 0.508 e. The van der Waals surface area contributed by atoms with Crippen molar-refractivity contribution in [3.8, 4) is 5.75 Å². The van der Waals surface area contributed by atoms with Gasteiger partial charge in [-0.05, 0) is 42.0 Å². The number of halogens is 1. The number of anilines is 1. The number of benzene rings is 2. The highest BCUT2D eigenvalue weighted by Crippen LogP contribution is 2.28. The highest BCUT2D eigenvalue weighted by molar-refractivity contribution is 6.33. The van der Waals surface area contributed by atoms with Crippen LogP contribution in [0.1, 0.15) is 15.9 Å². The van der Waals surface area contributed by atoms with Crippen LogP contribution in [0.5, 0.6) is 5.75 Å². The summed E-state index contributed by atoms with van der Waals surface area (Å²) in [7, 11) is 0. The summed E-state index contributed by atoms with van der Waals surface area (Å²) >= 11 is 5.86. The van der Waals surface area contributed by atoms with Crippen molar-refractivity contribution >= 4 is 34.1 Å². The zero-order valence-corrected chi connectivity index (χ0v) is 13.1. The number of carbonyl (C=O) groups excluding carboxylic acids is 1. The number of fused-ring (bicyclic) bond motifs is 1. The van der Waals surface area contributed by atoms with Crippen LogP contribution in [0.4, 0.5) is 5.69 Å². The first-order valence-corrected chi connectivity index (χ1v) is 7.35. The van der Waals surface area contributed by atoms with Crippen molar-refractivity contribution in [1.29, 1.82) is 0 Å². The molecule has 0 aliphatic carbocycles. The van der Waals surface area contributed by atoms with Crippen molar-refractivity contribution in [2.45, 2.75) is 6.54 Å². The monoisotopic (exact) mass is 347 g/mol. The number of aromatic nitrogens is 1. The molecular formula is C16H14ClN3O4. The topological polar surface area (TPSA) is 112 Å². The number of hydrogen-bond acceptors (Lipinski definition) is 6. The van der Waals surface area contributed by atoms with Crippen molar-refractivity contribution in [2.24, 2.45) is 5.73 Å². The quantitative estimate of drug-likeness (QED) is 0.542. The number of phenolic OH excluding ortho intramolecular Hbond substituents is 1. The molecular weight excluding hydrogens is 334 g/mol. The maximum absolute atomic E-state index is 12.8. The summed E-state index contributed by atoms with van der Waals surface area (Å²) in [6.07, 6.45) is 1.59. The van der Waals surface area contributed by atoms with Crippen LogP contribution in [-0.2, 0) is 6.54 Å². The Morgan fingerprint density at radius 3 is 2.62 bits per heavy atom. The Morgan fingerprint density at radius 2 is 1.96 bits per heavy atom. The van der Waals surface area contributed by atoms with Crippen LogP contribution in [-0.4, -0.2) is 26.0 Å². The molecule has 1 aromatic heterocycles. The van der Waals surface area contributed by atoms with Gasteiger partial charge >= 0.3 is 0 Å². The van der Waals surface area contributed by atoms with E-state index in [1.807, 2.05) is 0 Å². The molecule has 0 aliphatic rings. The first-order chi connectivity index (χ1) is 11.4. The van der Waals surface area contributed by atoms with Gasteiger partial charge in [0.05, 0.1) is 10.5 Å². The Bertz CT molecular complexity index is 936. The molecule has 0 amide bonds. The fourth-order valence-corrected chi connectivity index (χ4v) is 2.75. The fraction of sp³-hybridized carbons (Fsp3) is 0.0625. The van der Waals surface area contributed by atoms with Crippen LogP contribution in [0.2, 0.25) is 5.02 Å². The molecule has 7 nitrogen and oxygen atoms in total. The Labute approximate surface area is 141 Å². The van der Waals surface area contributed by atoms with Crippen molar-refractivity contribution in [3.63, 3.8) is 0 Å². The zero-order chi connectivity index (χ0) is 17.4. The predicted octanol–water partition coefficient (Wildman–Crippen LogP) is 2.73. The smallest absolute Gasteiger partial charge is 0.262 e. The Kier molecular flexibility index (Phi) is 4.16. The summed E-state index contributed by atoms with van der Waals surface area (Å²) in [5.41, 5.74) is 7.08. The molecule has 2 aromatic carbocycles. The molecule has 24 heavy (non-hydrogen) atoms. The second-order valence-electron chi connectivity index (χ2n) is 5.19. The van der Waals surface area contributed by atoms with Gasteiger partial charge in [-0.2, -0.15) is 0 Å². The fourth-order valence-electron chi connectivity index (χ4n) is 2.55. The Balaban J connectivity index is 2.14. The number of hydrogen-bond donors (Lipinski definition) is 4. The van der Waals surface area contributed by atoms with Crippen LogP contribution in [0.25, 0.3) is 10.9 Å². The number of nitrogens with two attached hydrogens (primary N) is 1. The number of rotatable bonds is 3. The Morgan fingerprint density at radius 1 is 1.21 bits per heavy atom. The summed E-state index contributed by atoms with van der Waals surface area (Å²) < 4.78 is 1.39. The van der Waals surface area contributed by atoms with Gasteiger partial charge in [0, 0.05) is 23.7 Å². The molecule has 0 saturated heterocycles. The first kappa shape index (κ1) is 16.3. The molecule has 1 heterocycles. The van der Waals surface area contributed by atoms with E-state index in [-0.39, 0.29) is 33.8 Å². The standard InChI is InChI=1S/C16H14ClN3O4/c17-13-3-1-9(5-15(13)20(23)24)16(22)19-8-10(7-18)12-6-11(21)2-4-14(12)19/h1-6,8,21,23-24H,7,18H2. The van der Waals surface area contributed by atoms with Crippen LogP contribution in [0, 0.1) is 0 Å². The van der Waals surface area contributed by atoms with E-state index in [1.54, 1.807) is 12.3 Å². The van der Waals surface area contributed by atoms with Crippen LogP contribution < -0.4 is 11.0 Å². The average Bonchev–Trinajstić information content (AvgIpc) is 2.92. The van der Waals surface area contributed by atoms with Crippen molar-refractivity contribution < 1.29 is 20.3 Å². The molecule has 0 saturated carbocycles.